The zero-order valence-electron chi connectivity index (χ0n) is 26.6. The molecule has 1 fully saturated rings. The summed E-state index contributed by atoms with van der Waals surface area (Å²) in [5.74, 6) is 5.31. The summed E-state index contributed by atoms with van der Waals surface area (Å²) >= 11 is 0. The summed E-state index contributed by atoms with van der Waals surface area (Å²) in [7, 11) is -1.71. The van der Waals surface area contributed by atoms with Crippen molar-refractivity contribution in [2.45, 2.75) is 96.6 Å². The third-order valence-electron chi connectivity index (χ3n) is 8.58. The molecule has 1 saturated heterocycles. The Morgan fingerprint density at radius 1 is 0.951 bits per heavy atom. The molecule has 0 bridgehead atoms. The molecule has 0 saturated carbocycles. The lowest BCUT2D eigenvalue weighted by atomic mass is 9.86. The Hall–Kier alpha value is -2.17. The van der Waals surface area contributed by atoms with Crippen molar-refractivity contribution >= 4 is 37.0 Å². The highest BCUT2D eigenvalue weighted by Crippen LogP contribution is 2.48. The predicted octanol–water partition coefficient (Wildman–Crippen LogP) is 6.44. The third-order valence-corrected chi connectivity index (χ3v) is 18.2. The molecule has 1 aliphatic heterocycles. The van der Waals surface area contributed by atoms with Gasteiger partial charge in [0.25, 0.3) is 14.1 Å². The fourth-order valence-corrected chi connectivity index (χ4v) is 11.0. The van der Waals surface area contributed by atoms with Crippen molar-refractivity contribution in [3.63, 3.8) is 0 Å². The summed E-state index contributed by atoms with van der Waals surface area (Å²) in [5.41, 5.74) is 6.10. The minimum absolute atomic E-state index is 0.0664. The van der Waals surface area contributed by atoms with Crippen LogP contribution in [0.25, 0.3) is 0 Å². The van der Waals surface area contributed by atoms with Crippen LogP contribution in [-0.4, -0.2) is 51.2 Å². The SMILES string of the molecule is C=CC(C#C[Si])O[C@]1(C#C[Si](C)(C)C(C)(C)C)OCC(C)(C)[C@H]1O[Si](c1ccccc1)(c1ccccc1)C(C)(C)C. The van der Waals surface area contributed by atoms with Crippen LogP contribution in [-0.2, 0) is 13.9 Å². The van der Waals surface area contributed by atoms with Gasteiger partial charge in [0, 0.05) is 5.41 Å². The summed E-state index contributed by atoms with van der Waals surface area (Å²) in [6.45, 7) is 27.1. The summed E-state index contributed by atoms with van der Waals surface area (Å²) < 4.78 is 21.2. The Morgan fingerprint density at radius 3 is 1.88 bits per heavy atom. The van der Waals surface area contributed by atoms with E-state index in [1.807, 2.05) is 0 Å². The number of hydrogen-bond acceptors (Lipinski definition) is 3. The van der Waals surface area contributed by atoms with E-state index >= 15 is 0 Å². The Morgan fingerprint density at radius 2 is 1.46 bits per heavy atom. The van der Waals surface area contributed by atoms with Crippen LogP contribution in [0, 0.1) is 28.3 Å². The van der Waals surface area contributed by atoms with Gasteiger partial charge in [-0.2, -0.15) is 0 Å². The van der Waals surface area contributed by atoms with Gasteiger partial charge in [-0.3, -0.25) is 0 Å². The van der Waals surface area contributed by atoms with E-state index in [9.17, 15) is 0 Å². The average molecular weight is 600 g/mol. The van der Waals surface area contributed by atoms with Gasteiger partial charge in [-0.05, 0) is 26.4 Å². The quantitative estimate of drug-likeness (QED) is 0.208. The number of hydrogen-bond donors (Lipinski definition) is 0. The third kappa shape index (κ3) is 6.75. The first-order valence-corrected chi connectivity index (χ1v) is 19.8. The molecular formula is C35H47O3Si3. The lowest BCUT2D eigenvalue weighted by Gasteiger charge is -2.48. The molecule has 6 heteroatoms. The van der Waals surface area contributed by atoms with E-state index in [-0.39, 0.29) is 10.1 Å². The Balaban J connectivity index is 2.36. The van der Waals surface area contributed by atoms with Gasteiger partial charge in [0.05, 0.1) is 6.61 Å². The van der Waals surface area contributed by atoms with E-state index in [2.05, 4.69) is 169 Å². The van der Waals surface area contributed by atoms with Crippen molar-refractivity contribution in [3.05, 3.63) is 73.3 Å². The van der Waals surface area contributed by atoms with E-state index in [1.54, 1.807) is 6.08 Å². The van der Waals surface area contributed by atoms with Crippen LogP contribution >= 0.6 is 0 Å². The van der Waals surface area contributed by atoms with Gasteiger partial charge in [0.1, 0.15) is 30.5 Å². The summed E-state index contributed by atoms with van der Waals surface area (Å²) in [6.07, 6.45) is 0.593. The molecule has 1 aliphatic rings. The molecule has 2 aromatic rings. The normalized spacial score (nSPS) is 21.7. The van der Waals surface area contributed by atoms with Crippen molar-refractivity contribution in [1.82, 2.24) is 0 Å². The van der Waals surface area contributed by atoms with Gasteiger partial charge in [-0.1, -0.05) is 148 Å². The minimum Gasteiger partial charge on any atom is -0.397 e. The van der Waals surface area contributed by atoms with E-state index < -0.39 is 39.8 Å². The summed E-state index contributed by atoms with van der Waals surface area (Å²) in [6, 6.07) is 21.4. The maximum Gasteiger partial charge on any atom is 0.261 e. The van der Waals surface area contributed by atoms with Gasteiger partial charge in [-0.25, -0.2) is 0 Å². The van der Waals surface area contributed by atoms with E-state index in [0.29, 0.717) is 6.61 Å². The lowest BCUT2D eigenvalue weighted by molar-refractivity contribution is -0.210. The van der Waals surface area contributed by atoms with Crippen molar-refractivity contribution < 1.29 is 13.9 Å². The largest absolute Gasteiger partial charge is 0.397 e. The second kappa shape index (κ2) is 12.2. The summed E-state index contributed by atoms with van der Waals surface area (Å²) in [4.78, 5) is 0. The standard InChI is InChI=1S/C35H47O3Si3/c1-12-28(23-25-39)37-35(24-26-40(10,11)32(2,3)4)31(34(8,9)27-36-35)38-41(33(5,6)7,29-19-15-13-16-20-29)30-21-17-14-18-22-30/h12-22,28,31H,1,27H2,2-11H3/t28?,31-,35+/m1/s1. The Kier molecular flexibility index (Phi) is 9.93. The van der Waals surface area contributed by atoms with Gasteiger partial charge in [0.15, 0.2) is 0 Å². The topological polar surface area (TPSA) is 27.7 Å². The fraction of sp³-hybridized carbons (Fsp3) is 0.486. The molecule has 0 N–H and O–H groups in total. The first-order chi connectivity index (χ1) is 19.0. The number of rotatable bonds is 7. The molecule has 0 amide bonds. The zero-order chi connectivity index (χ0) is 30.7. The highest BCUT2D eigenvalue weighted by Gasteiger charge is 2.62. The molecule has 3 rings (SSSR count). The molecule has 3 atom stereocenters. The monoisotopic (exact) mass is 599 g/mol. The van der Waals surface area contributed by atoms with Gasteiger partial charge >= 0.3 is 0 Å². The van der Waals surface area contributed by atoms with Gasteiger partial charge < -0.3 is 13.9 Å². The Bertz CT molecular complexity index is 1280. The molecular weight excluding hydrogens is 553 g/mol. The predicted molar refractivity (Wildman–Crippen MR) is 179 cm³/mol. The highest BCUT2D eigenvalue weighted by molar-refractivity contribution is 6.99. The molecule has 1 heterocycles. The second-order valence-corrected chi connectivity index (χ2v) is 23.8. The molecule has 3 radical (unpaired) electrons. The van der Waals surface area contributed by atoms with Crippen LogP contribution in [0.1, 0.15) is 55.4 Å². The maximum atomic E-state index is 7.75. The van der Waals surface area contributed by atoms with Crippen LogP contribution in [0.3, 0.4) is 0 Å². The summed E-state index contributed by atoms with van der Waals surface area (Å²) in [5, 5.41) is 2.25. The number of ether oxygens (including phenoxy) is 2. The van der Waals surface area contributed by atoms with Gasteiger partial charge in [0.2, 0.25) is 0 Å². The van der Waals surface area contributed by atoms with Crippen molar-refractivity contribution in [2.75, 3.05) is 6.61 Å². The van der Waals surface area contributed by atoms with Crippen LogP contribution in [0.4, 0.5) is 0 Å². The van der Waals surface area contributed by atoms with Crippen LogP contribution in [0.2, 0.25) is 23.2 Å². The smallest absolute Gasteiger partial charge is 0.261 e. The van der Waals surface area contributed by atoms with Gasteiger partial charge in [-0.15, -0.1) is 11.1 Å². The van der Waals surface area contributed by atoms with E-state index in [1.165, 1.54) is 10.4 Å². The molecule has 217 valence electrons. The molecule has 1 unspecified atom stereocenters. The highest BCUT2D eigenvalue weighted by atomic mass is 28.4. The zero-order valence-corrected chi connectivity index (χ0v) is 29.6. The molecule has 0 spiro atoms. The van der Waals surface area contributed by atoms with E-state index in [0.717, 1.165) is 0 Å². The van der Waals surface area contributed by atoms with E-state index in [4.69, 9.17) is 13.9 Å². The minimum atomic E-state index is -2.97. The lowest BCUT2D eigenvalue weighted by Crippen LogP contribution is -2.70. The van der Waals surface area contributed by atoms with Crippen LogP contribution in [0.5, 0.6) is 0 Å². The first kappa shape index (κ1) is 33.3. The van der Waals surface area contributed by atoms with Crippen molar-refractivity contribution in [3.8, 4) is 22.9 Å². The van der Waals surface area contributed by atoms with Crippen LogP contribution in [0.15, 0.2) is 73.3 Å². The number of benzene rings is 2. The maximum absolute atomic E-state index is 7.75. The van der Waals surface area contributed by atoms with Crippen LogP contribution < -0.4 is 10.4 Å². The molecule has 0 aliphatic carbocycles. The van der Waals surface area contributed by atoms with Crippen molar-refractivity contribution in [1.29, 1.82) is 0 Å². The molecule has 0 aromatic heterocycles. The second-order valence-electron chi connectivity index (χ2n) is 14.3. The Labute approximate surface area is 255 Å². The molecule has 41 heavy (non-hydrogen) atoms. The average Bonchev–Trinajstić information content (AvgIpc) is 3.14. The molecule has 2 aromatic carbocycles. The fourth-order valence-electron chi connectivity index (χ4n) is 5.12. The molecule has 3 nitrogen and oxygen atoms in total. The first-order valence-electron chi connectivity index (χ1n) is 14.4. The van der Waals surface area contributed by atoms with Crippen molar-refractivity contribution in [2.24, 2.45) is 5.41 Å².